The topological polar surface area (TPSA) is 48.5 Å². The van der Waals surface area contributed by atoms with Gasteiger partial charge in [0, 0.05) is 42.0 Å². The lowest BCUT2D eigenvalue weighted by Crippen LogP contribution is -2.46. The Morgan fingerprint density at radius 1 is 1.06 bits per heavy atom. The van der Waals surface area contributed by atoms with E-state index in [1.165, 1.54) is 16.9 Å². The summed E-state index contributed by atoms with van der Waals surface area (Å²) in [7, 11) is 0. The van der Waals surface area contributed by atoms with Gasteiger partial charge in [-0.2, -0.15) is 0 Å². The fourth-order valence-corrected chi connectivity index (χ4v) is 5.15. The number of carbonyl (C=O) groups excluding carboxylic acids is 1. The third-order valence-corrected chi connectivity index (χ3v) is 7.17. The summed E-state index contributed by atoms with van der Waals surface area (Å²) in [5.74, 6) is 0.972. The second-order valence-corrected chi connectivity index (χ2v) is 9.14. The Hall–Kier alpha value is -2.96. The number of aryl methyl sites for hydroxylation is 1. The molecule has 2 aromatic heterocycles. The Balaban J connectivity index is 1.37. The van der Waals surface area contributed by atoms with E-state index in [1.807, 2.05) is 48.5 Å². The van der Waals surface area contributed by atoms with Gasteiger partial charge in [0.1, 0.15) is 5.82 Å². The zero-order valence-corrected chi connectivity index (χ0v) is 18.7. The van der Waals surface area contributed by atoms with Gasteiger partial charge in [0.25, 0.3) is 5.91 Å². The summed E-state index contributed by atoms with van der Waals surface area (Å²) in [4.78, 5) is 23.3. The molecule has 158 valence electrons. The molecule has 0 aliphatic carbocycles. The van der Waals surface area contributed by atoms with Crippen LogP contribution in [0.25, 0.3) is 21.0 Å². The molecule has 0 radical (unpaired) electrons. The number of anilines is 2. The Kier molecular flexibility index (Phi) is 5.34. The van der Waals surface area contributed by atoms with Gasteiger partial charge in [-0.3, -0.25) is 4.79 Å². The summed E-state index contributed by atoms with van der Waals surface area (Å²) in [6.45, 7) is 9.62. The lowest BCUT2D eigenvalue weighted by atomic mass is 10.1. The Bertz CT molecular complexity index is 1220. The summed E-state index contributed by atoms with van der Waals surface area (Å²) >= 11 is 1.52. The smallest absolute Gasteiger partial charge is 0.265 e. The van der Waals surface area contributed by atoms with Gasteiger partial charge in [-0.25, -0.2) is 4.98 Å². The molecule has 5 rings (SSSR count). The van der Waals surface area contributed by atoms with Crippen LogP contribution in [0.15, 0.2) is 54.6 Å². The van der Waals surface area contributed by atoms with Crippen LogP contribution < -0.4 is 10.2 Å². The molecule has 2 aromatic carbocycles. The molecule has 4 aromatic rings. The highest BCUT2D eigenvalue weighted by molar-refractivity contribution is 7.20. The third-order valence-electron chi connectivity index (χ3n) is 6.05. The number of piperazine rings is 1. The van der Waals surface area contributed by atoms with Gasteiger partial charge in [-0.15, -0.1) is 11.3 Å². The van der Waals surface area contributed by atoms with Gasteiger partial charge in [-0.05, 0) is 60.8 Å². The van der Waals surface area contributed by atoms with Crippen molar-refractivity contribution < 1.29 is 4.79 Å². The highest BCUT2D eigenvalue weighted by Crippen LogP contribution is 2.28. The number of amides is 1. The number of pyridine rings is 1. The van der Waals surface area contributed by atoms with Gasteiger partial charge in [0.15, 0.2) is 0 Å². The van der Waals surface area contributed by atoms with Crippen LogP contribution >= 0.6 is 11.3 Å². The third kappa shape index (κ3) is 4.01. The number of fused-ring (bicyclic) bond motifs is 2. The average molecular weight is 431 g/mol. The second-order valence-electron chi connectivity index (χ2n) is 8.05. The maximum absolute atomic E-state index is 12.8. The predicted molar refractivity (Wildman–Crippen MR) is 131 cm³/mol. The number of aromatic nitrogens is 1. The summed E-state index contributed by atoms with van der Waals surface area (Å²) in [6.07, 6.45) is 0. The minimum Gasteiger partial charge on any atom is -0.354 e. The number of carbonyl (C=O) groups is 1. The van der Waals surface area contributed by atoms with Gasteiger partial charge in [0.2, 0.25) is 0 Å². The normalized spacial score (nSPS) is 15.0. The zero-order valence-electron chi connectivity index (χ0n) is 17.9. The quantitative estimate of drug-likeness (QED) is 0.486. The first kappa shape index (κ1) is 20.0. The van der Waals surface area contributed by atoms with E-state index in [9.17, 15) is 4.79 Å². The van der Waals surface area contributed by atoms with Crippen molar-refractivity contribution >= 4 is 49.7 Å². The summed E-state index contributed by atoms with van der Waals surface area (Å²) in [5, 5.41) is 5.23. The van der Waals surface area contributed by atoms with E-state index in [1.54, 1.807) is 0 Å². The first-order valence-electron chi connectivity index (χ1n) is 10.8. The number of thiophene rings is 1. The summed E-state index contributed by atoms with van der Waals surface area (Å²) in [5.41, 5.74) is 2.94. The molecule has 0 spiro atoms. The van der Waals surface area contributed by atoms with Crippen molar-refractivity contribution in [1.29, 1.82) is 0 Å². The fraction of sp³-hybridized carbons (Fsp3) is 0.280. The SMILES string of the molecule is CCN1CCN(c2cc(C)c3cc(NC(=O)c4cc5ccccc5s4)ccc3n2)CC1. The van der Waals surface area contributed by atoms with E-state index in [2.05, 4.69) is 35.0 Å². The number of hydrogen-bond donors (Lipinski definition) is 1. The standard InChI is InChI=1S/C25H26N4OS/c1-3-28-10-12-29(13-11-28)24-14-17(2)20-16-19(8-9-21(20)27-24)26-25(30)23-15-18-6-4-5-7-22(18)31-23/h4-9,14-16H,3,10-13H2,1-2H3,(H,26,30). The van der Waals surface area contributed by atoms with Crippen molar-refractivity contribution in [1.82, 2.24) is 9.88 Å². The molecular weight excluding hydrogens is 404 g/mol. The molecule has 0 bridgehead atoms. The van der Waals surface area contributed by atoms with Crippen molar-refractivity contribution in [3.8, 4) is 0 Å². The van der Waals surface area contributed by atoms with Gasteiger partial charge in [-0.1, -0.05) is 25.1 Å². The molecule has 0 saturated carbocycles. The highest BCUT2D eigenvalue weighted by Gasteiger charge is 2.18. The average Bonchev–Trinajstić information content (AvgIpc) is 3.24. The molecule has 1 aliphatic rings. The summed E-state index contributed by atoms with van der Waals surface area (Å²) in [6, 6.07) is 18.2. The number of rotatable bonds is 4. The van der Waals surface area contributed by atoms with Gasteiger partial charge >= 0.3 is 0 Å². The molecule has 1 aliphatic heterocycles. The molecule has 1 N–H and O–H groups in total. The number of hydrogen-bond acceptors (Lipinski definition) is 5. The number of benzene rings is 2. The highest BCUT2D eigenvalue weighted by atomic mass is 32.1. The first-order valence-corrected chi connectivity index (χ1v) is 11.6. The minimum atomic E-state index is -0.0726. The van der Waals surface area contributed by atoms with Crippen LogP contribution in [0.2, 0.25) is 0 Å². The van der Waals surface area contributed by atoms with Crippen molar-refractivity contribution in [2.75, 3.05) is 42.9 Å². The molecule has 1 saturated heterocycles. The summed E-state index contributed by atoms with van der Waals surface area (Å²) < 4.78 is 1.12. The van der Waals surface area contributed by atoms with Crippen molar-refractivity contribution in [2.45, 2.75) is 13.8 Å². The predicted octanol–water partition coefficient (Wildman–Crippen LogP) is 5.15. The van der Waals surface area contributed by atoms with Crippen LogP contribution in [0.4, 0.5) is 11.5 Å². The van der Waals surface area contributed by atoms with Crippen LogP contribution in [0.3, 0.4) is 0 Å². The lowest BCUT2D eigenvalue weighted by molar-refractivity contribution is 0.103. The van der Waals surface area contributed by atoms with E-state index in [0.29, 0.717) is 0 Å². The van der Waals surface area contributed by atoms with Gasteiger partial charge < -0.3 is 15.1 Å². The molecule has 1 amide bonds. The molecule has 0 atom stereocenters. The first-order chi connectivity index (χ1) is 15.1. The van der Waals surface area contributed by atoms with Crippen LogP contribution in [-0.4, -0.2) is 48.5 Å². The van der Waals surface area contributed by atoms with E-state index in [-0.39, 0.29) is 5.91 Å². The maximum atomic E-state index is 12.8. The second kappa shape index (κ2) is 8.29. The van der Waals surface area contributed by atoms with E-state index in [0.717, 1.165) is 70.1 Å². The van der Waals surface area contributed by atoms with Crippen LogP contribution in [0, 0.1) is 6.92 Å². The molecule has 6 heteroatoms. The molecule has 1 fully saturated rings. The van der Waals surface area contributed by atoms with Crippen LogP contribution in [0.5, 0.6) is 0 Å². The maximum Gasteiger partial charge on any atom is 0.265 e. The minimum absolute atomic E-state index is 0.0726. The van der Waals surface area contributed by atoms with E-state index in [4.69, 9.17) is 4.98 Å². The fourth-order valence-electron chi connectivity index (χ4n) is 4.20. The Morgan fingerprint density at radius 2 is 1.87 bits per heavy atom. The molecule has 3 heterocycles. The Morgan fingerprint density at radius 3 is 2.65 bits per heavy atom. The molecule has 5 nitrogen and oxygen atoms in total. The van der Waals surface area contributed by atoms with Crippen molar-refractivity contribution in [3.63, 3.8) is 0 Å². The van der Waals surface area contributed by atoms with Crippen molar-refractivity contribution in [2.24, 2.45) is 0 Å². The van der Waals surface area contributed by atoms with Crippen LogP contribution in [0.1, 0.15) is 22.2 Å². The van der Waals surface area contributed by atoms with Crippen LogP contribution in [-0.2, 0) is 0 Å². The molecule has 0 unspecified atom stereocenters. The number of nitrogens with zero attached hydrogens (tertiary/aromatic N) is 3. The van der Waals surface area contributed by atoms with Crippen molar-refractivity contribution in [3.05, 3.63) is 65.0 Å². The number of nitrogens with one attached hydrogen (secondary N) is 1. The molecule has 31 heavy (non-hydrogen) atoms. The van der Waals surface area contributed by atoms with Gasteiger partial charge in [0.05, 0.1) is 10.4 Å². The lowest BCUT2D eigenvalue weighted by Gasteiger charge is -2.35. The zero-order chi connectivity index (χ0) is 21.4. The van der Waals surface area contributed by atoms with E-state index < -0.39 is 0 Å². The Labute approximate surface area is 186 Å². The van der Waals surface area contributed by atoms with E-state index >= 15 is 0 Å². The number of likely N-dealkylation sites (N-methyl/N-ethyl adjacent to an activating group) is 1. The largest absolute Gasteiger partial charge is 0.354 e. The molecular formula is C25H26N4OS. The monoisotopic (exact) mass is 430 g/mol.